The lowest BCUT2D eigenvalue weighted by molar-refractivity contribution is -0.137. The maximum absolute atomic E-state index is 12.7. The highest BCUT2D eigenvalue weighted by atomic mass is 19.4. The van der Waals surface area contributed by atoms with Crippen LogP contribution in [0, 0.1) is 0 Å². The van der Waals surface area contributed by atoms with E-state index in [0.717, 1.165) is 22.9 Å². The summed E-state index contributed by atoms with van der Waals surface area (Å²) in [5.74, 6) is 0.359. The number of alkyl halides is 3. The first-order chi connectivity index (χ1) is 12.9. The number of fused-ring (bicyclic) bond motifs is 1. The van der Waals surface area contributed by atoms with Crippen LogP contribution >= 0.6 is 0 Å². The van der Waals surface area contributed by atoms with Crippen molar-refractivity contribution in [2.45, 2.75) is 12.7 Å². The monoisotopic (exact) mass is 372 g/mol. The average Bonchev–Trinajstić information content (AvgIpc) is 2.67. The van der Waals surface area contributed by atoms with Gasteiger partial charge in [-0.2, -0.15) is 13.2 Å². The van der Waals surface area contributed by atoms with Crippen LogP contribution in [0.15, 0.2) is 67.4 Å². The van der Waals surface area contributed by atoms with Crippen LogP contribution in [0.2, 0.25) is 0 Å². The number of aromatic nitrogens is 1. The zero-order valence-electron chi connectivity index (χ0n) is 14.1. The van der Waals surface area contributed by atoms with Crippen molar-refractivity contribution in [1.29, 1.82) is 0 Å². The number of halogens is 3. The van der Waals surface area contributed by atoms with E-state index in [1.807, 2.05) is 24.3 Å². The highest BCUT2D eigenvalue weighted by molar-refractivity contribution is 5.91. The number of rotatable bonds is 5. The van der Waals surface area contributed by atoms with Crippen molar-refractivity contribution in [3.05, 3.63) is 78.6 Å². The Morgan fingerprint density at radius 2 is 1.78 bits per heavy atom. The Bertz CT molecular complexity index is 983. The summed E-state index contributed by atoms with van der Waals surface area (Å²) in [6.45, 7) is 3.61. The summed E-state index contributed by atoms with van der Waals surface area (Å²) in [5.41, 5.74) is -0.105. The first-order valence-corrected chi connectivity index (χ1v) is 8.00. The first kappa shape index (κ1) is 18.4. The number of amides is 1. The molecule has 0 fully saturated rings. The van der Waals surface area contributed by atoms with Crippen LogP contribution in [-0.2, 0) is 17.5 Å². The van der Waals surface area contributed by atoms with Gasteiger partial charge in [-0.25, -0.2) is 0 Å². The normalized spacial score (nSPS) is 11.2. The minimum absolute atomic E-state index is 0.214. The maximum Gasteiger partial charge on any atom is 0.416 e. The lowest BCUT2D eigenvalue weighted by Crippen LogP contribution is -2.20. The van der Waals surface area contributed by atoms with E-state index in [0.29, 0.717) is 11.4 Å². The third-order valence-electron chi connectivity index (χ3n) is 3.87. The number of nitrogens with one attached hydrogen (secondary N) is 1. The van der Waals surface area contributed by atoms with Gasteiger partial charge in [-0.05, 0) is 30.3 Å². The Balaban J connectivity index is 1.89. The van der Waals surface area contributed by atoms with Gasteiger partial charge in [0, 0.05) is 10.8 Å². The average molecular weight is 372 g/mol. The van der Waals surface area contributed by atoms with Gasteiger partial charge in [0.25, 0.3) is 0 Å². The van der Waals surface area contributed by atoms with Crippen molar-refractivity contribution in [2.24, 2.45) is 0 Å². The summed E-state index contributed by atoms with van der Waals surface area (Å²) in [6, 6.07) is 11.7. The van der Waals surface area contributed by atoms with Crippen LogP contribution in [0.25, 0.3) is 10.8 Å². The molecule has 0 atom stereocenters. The lowest BCUT2D eigenvalue weighted by atomic mass is 10.1. The number of carbonyl (C=O) groups is 1. The van der Waals surface area contributed by atoms with E-state index >= 15 is 0 Å². The van der Waals surface area contributed by atoms with Gasteiger partial charge in [0.05, 0.1) is 24.0 Å². The summed E-state index contributed by atoms with van der Waals surface area (Å²) < 4.78 is 43.7. The first-order valence-electron chi connectivity index (χ1n) is 8.00. The Morgan fingerprint density at radius 1 is 1.11 bits per heavy atom. The molecule has 7 heteroatoms. The van der Waals surface area contributed by atoms with Crippen LogP contribution in [0.1, 0.15) is 11.3 Å². The van der Waals surface area contributed by atoms with E-state index < -0.39 is 11.7 Å². The molecular formula is C20H15F3N2O2. The standard InChI is InChI=1S/C20H15F3N2O2/c1-2-19(26)25-11-17-15-5-3-4-6-16(15)18(12-24-17)27-14-9-7-13(8-10-14)20(21,22)23/h2-10,12H,1,11H2,(H,25,26). The second-order valence-electron chi connectivity index (χ2n) is 5.66. The molecule has 3 rings (SSSR count). The lowest BCUT2D eigenvalue weighted by Gasteiger charge is -2.13. The fourth-order valence-corrected chi connectivity index (χ4v) is 2.53. The number of hydrogen-bond donors (Lipinski definition) is 1. The zero-order chi connectivity index (χ0) is 19.4. The highest BCUT2D eigenvalue weighted by Crippen LogP contribution is 2.33. The van der Waals surface area contributed by atoms with E-state index in [1.165, 1.54) is 24.4 Å². The van der Waals surface area contributed by atoms with Gasteiger partial charge in [-0.15, -0.1) is 0 Å². The van der Waals surface area contributed by atoms with Crippen LogP contribution in [0.5, 0.6) is 11.5 Å². The quantitative estimate of drug-likeness (QED) is 0.652. The molecule has 0 spiro atoms. The van der Waals surface area contributed by atoms with E-state index in [9.17, 15) is 18.0 Å². The van der Waals surface area contributed by atoms with Crippen LogP contribution in [0.4, 0.5) is 13.2 Å². The third kappa shape index (κ3) is 4.25. The Labute approximate surface area is 153 Å². The van der Waals surface area contributed by atoms with Gasteiger partial charge >= 0.3 is 6.18 Å². The molecule has 1 amide bonds. The van der Waals surface area contributed by atoms with Gasteiger partial charge in [-0.1, -0.05) is 30.8 Å². The van der Waals surface area contributed by atoms with Crippen LogP contribution in [-0.4, -0.2) is 10.9 Å². The largest absolute Gasteiger partial charge is 0.455 e. The van der Waals surface area contributed by atoms with Gasteiger partial charge in [0.2, 0.25) is 5.91 Å². The smallest absolute Gasteiger partial charge is 0.416 e. The highest BCUT2D eigenvalue weighted by Gasteiger charge is 2.30. The number of nitrogens with zero attached hydrogens (tertiary/aromatic N) is 1. The van der Waals surface area contributed by atoms with Crippen molar-refractivity contribution >= 4 is 16.7 Å². The number of hydrogen-bond acceptors (Lipinski definition) is 3. The molecule has 3 aromatic rings. The summed E-state index contributed by atoms with van der Waals surface area (Å²) in [6.07, 6.45) is -1.75. The molecule has 0 saturated heterocycles. The van der Waals surface area contributed by atoms with Crippen molar-refractivity contribution in [1.82, 2.24) is 10.3 Å². The number of pyridine rings is 1. The van der Waals surface area contributed by atoms with Crippen LogP contribution in [0.3, 0.4) is 0 Å². The number of benzene rings is 2. The fourth-order valence-electron chi connectivity index (χ4n) is 2.53. The van der Waals surface area contributed by atoms with E-state index in [-0.39, 0.29) is 18.2 Å². The molecule has 0 bridgehead atoms. The van der Waals surface area contributed by atoms with E-state index in [2.05, 4.69) is 16.9 Å². The second kappa shape index (κ2) is 7.49. The van der Waals surface area contributed by atoms with Gasteiger partial charge in [-0.3, -0.25) is 9.78 Å². The summed E-state index contributed by atoms with van der Waals surface area (Å²) in [5, 5.41) is 4.16. The van der Waals surface area contributed by atoms with Gasteiger partial charge < -0.3 is 10.1 Å². The molecule has 0 radical (unpaired) electrons. The molecule has 1 N–H and O–H groups in total. The maximum atomic E-state index is 12.7. The minimum Gasteiger partial charge on any atom is -0.455 e. The third-order valence-corrected chi connectivity index (χ3v) is 3.87. The van der Waals surface area contributed by atoms with E-state index in [1.54, 1.807) is 0 Å². The molecule has 1 heterocycles. The summed E-state index contributed by atoms with van der Waals surface area (Å²) in [7, 11) is 0. The molecule has 138 valence electrons. The predicted octanol–water partition coefficient (Wildman–Crippen LogP) is 4.85. The summed E-state index contributed by atoms with van der Waals surface area (Å²) >= 11 is 0. The topological polar surface area (TPSA) is 51.2 Å². The molecule has 0 aliphatic rings. The molecule has 0 saturated carbocycles. The zero-order valence-corrected chi connectivity index (χ0v) is 14.1. The van der Waals surface area contributed by atoms with E-state index in [4.69, 9.17) is 4.74 Å². The van der Waals surface area contributed by atoms with Crippen LogP contribution < -0.4 is 10.1 Å². The SMILES string of the molecule is C=CC(=O)NCc1ncc(Oc2ccc(C(F)(F)F)cc2)c2ccccc12. The molecule has 0 aliphatic carbocycles. The molecule has 4 nitrogen and oxygen atoms in total. The predicted molar refractivity (Wildman–Crippen MR) is 95.3 cm³/mol. The minimum atomic E-state index is -4.40. The Kier molecular flexibility index (Phi) is 5.12. The van der Waals surface area contributed by atoms with Crippen molar-refractivity contribution < 1.29 is 22.7 Å². The Hall–Kier alpha value is -3.35. The molecule has 0 unspecified atom stereocenters. The number of ether oxygens (including phenoxy) is 1. The molecule has 1 aromatic heterocycles. The fraction of sp³-hybridized carbons (Fsp3) is 0.100. The van der Waals surface area contributed by atoms with Gasteiger partial charge in [0.15, 0.2) is 5.75 Å². The Morgan fingerprint density at radius 3 is 2.41 bits per heavy atom. The second-order valence-corrected chi connectivity index (χ2v) is 5.66. The molecule has 0 aliphatic heterocycles. The molecule has 2 aromatic carbocycles. The summed E-state index contributed by atoms with van der Waals surface area (Å²) in [4.78, 5) is 15.7. The van der Waals surface area contributed by atoms with Crippen molar-refractivity contribution in [3.8, 4) is 11.5 Å². The van der Waals surface area contributed by atoms with Crippen molar-refractivity contribution in [2.75, 3.05) is 0 Å². The number of carbonyl (C=O) groups excluding carboxylic acids is 1. The molecular weight excluding hydrogens is 357 g/mol. The van der Waals surface area contributed by atoms with Crippen molar-refractivity contribution in [3.63, 3.8) is 0 Å². The molecule has 27 heavy (non-hydrogen) atoms. The van der Waals surface area contributed by atoms with Gasteiger partial charge in [0.1, 0.15) is 5.75 Å².